The normalized spacial score (nSPS) is 12.2. The Balaban J connectivity index is 2.43. The van der Waals surface area contributed by atoms with Gasteiger partial charge in [0.2, 0.25) is 0 Å². The van der Waals surface area contributed by atoms with E-state index in [1.165, 1.54) is 5.56 Å². The number of hydrogen-bond acceptors (Lipinski definition) is 2. The van der Waals surface area contributed by atoms with E-state index in [1.807, 2.05) is 0 Å². The zero-order valence-corrected chi connectivity index (χ0v) is 10.9. The third-order valence-corrected chi connectivity index (χ3v) is 3.42. The van der Waals surface area contributed by atoms with Gasteiger partial charge >= 0.3 is 0 Å². The summed E-state index contributed by atoms with van der Waals surface area (Å²) in [5.74, 6) is 1.05. The Labute approximate surface area is 102 Å². The van der Waals surface area contributed by atoms with Crippen molar-refractivity contribution in [2.24, 2.45) is 5.73 Å². The lowest BCUT2D eigenvalue weighted by Crippen LogP contribution is -2.21. The van der Waals surface area contributed by atoms with Crippen LogP contribution in [0.15, 0.2) is 18.2 Å². The Bertz CT molecular complexity index is 511. The van der Waals surface area contributed by atoms with E-state index >= 15 is 0 Å². The molecule has 17 heavy (non-hydrogen) atoms. The molecule has 0 amide bonds. The highest BCUT2D eigenvalue weighted by atomic mass is 14.9. The second-order valence-corrected chi connectivity index (χ2v) is 5.19. The zero-order chi connectivity index (χ0) is 12.5. The van der Waals surface area contributed by atoms with Gasteiger partial charge in [0, 0.05) is 6.42 Å². The molecule has 0 aliphatic heterocycles. The van der Waals surface area contributed by atoms with Crippen molar-refractivity contribution in [3.05, 3.63) is 29.6 Å². The Morgan fingerprint density at radius 2 is 2.12 bits per heavy atom. The number of hydrogen-bond donors (Lipinski definition) is 2. The standard InChI is InChI=1S/C14H21N3/c1-4-13-16-11-6-5-10(9-12(11)17-13)14(2,3)7-8-15/h5-6,9H,4,7-8,15H2,1-3H3,(H,16,17). The van der Waals surface area contributed by atoms with E-state index in [9.17, 15) is 0 Å². The van der Waals surface area contributed by atoms with Crippen LogP contribution in [0.2, 0.25) is 0 Å². The van der Waals surface area contributed by atoms with Crippen LogP contribution in [0, 0.1) is 0 Å². The number of rotatable bonds is 4. The maximum atomic E-state index is 5.67. The Morgan fingerprint density at radius 3 is 2.76 bits per heavy atom. The van der Waals surface area contributed by atoms with Gasteiger partial charge in [-0.2, -0.15) is 0 Å². The van der Waals surface area contributed by atoms with Crippen LogP contribution in [0.5, 0.6) is 0 Å². The van der Waals surface area contributed by atoms with Gasteiger partial charge in [-0.1, -0.05) is 26.8 Å². The molecule has 0 aliphatic rings. The number of aryl methyl sites for hydroxylation is 1. The lowest BCUT2D eigenvalue weighted by atomic mass is 9.81. The van der Waals surface area contributed by atoms with Crippen LogP contribution in [0.3, 0.4) is 0 Å². The van der Waals surface area contributed by atoms with Crippen LogP contribution < -0.4 is 5.73 Å². The molecular formula is C14H21N3. The predicted octanol–water partition coefficient (Wildman–Crippen LogP) is 2.75. The van der Waals surface area contributed by atoms with Crippen molar-refractivity contribution in [1.82, 2.24) is 9.97 Å². The van der Waals surface area contributed by atoms with E-state index in [4.69, 9.17) is 5.73 Å². The molecule has 3 N–H and O–H groups in total. The average Bonchev–Trinajstić information content (AvgIpc) is 2.70. The smallest absolute Gasteiger partial charge is 0.106 e. The maximum absolute atomic E-state index is 5.67. The van der Waals surface area contributed by atoms with Crippen LogP contribution in [0.4, 0.5) is 0 Å². The molecule has 0 fully saturated rings. The molecular weight excluding hydrogens is 210 g/mol. The van der Waals surface area contributed by atoms with Crippen LogP contribution in [0.1, 0.15) is 38.6 Å². The molecule has 0 radical (unpaired) electrons. The Hall–Kier alpha value is -1.35. The largest absolute Gasteiger partial charge is 0.342 e. The van der Waals surface area contributed by atoms with Crippen LogP contribution in [-0.2, 0) is 11.8 Å². The van der Waals surface area contributed by atoms with Crippen molar-refractivity contribution in [3.63, 3.8) is 0 Å². The molecule has 0 unspecified atom stereocenters. The molecule has 0 saturated carbocycles. The number of nitrogens with zero attached hydrogens (tertiary/aromatic N) is 1. The highest BCUT2D eigenvalue weighted by Gasteiger charge is 2.20. The van der Waals surface area contributed by atoms with Crippen molar-refractivity contribution < 1.29 is 0 Å². The van der Waals surface area contributed by atoms with E-state index in [-0.39, 0.29) is 5.41 Å². The third kappa shape index (κ3) is 2.34. The lowest BCUT2D eigenvalue weighted by Gasteiger charge is -2.24. The molecule has 0 spiro atoms. The van der Waals surface area contributed by atoms with E-state index in [1.54, 1.807) is 0 Å². The number of H-pyrrole nitrogens is 1. The van der Waals surface area contributed by atoms with E-state index in [0.29, 0.717) is 6.54 Å². The summed E-state index contributed by atoms with van der Waals surface area (Å²) in [6.07, 6.45) is 1.93. The van der Waals surface area contributed by atoms with Gasteiger partial charge in [0.15, 0.2) is 0 Å². The molecule has 3 nitrogen and oxygen atoms in total. The number of aromatic amines is 1. The quantitative estimate of drug-likeness (QED) is 0.850. The topological polar surface area (TPSA) is 54.7 Å². The average molecular weight is 231 g/mol. The molecule has 0 atom stereocenters. The summed E-state index contributed by atoms with van der Waals surface area (Å²) in [7, 11) is 0. The summed E-state index contributed by atoms with van der Waals surface area (Å²) in [5.41, 5.74) is 9.30. The summed E-state index contributed by atoms with van der Waals surface area (Å²) in [4.78, 5) is 7.88. The SMILES string of the molecule is CCc1nc2ccc(C(C)(C)CCN)cc2[nH]1. The van der Waals surface area contributed by atoms with E-state index in [0.717, 1.165) is 29.7 Å². The zero-order valence-electron chi connectivity index (χ0n) is 10.9. The molecule has 0 saturated heterocycles. The number of aromatic nitrogens is 2. The number of benzene rings is 1. The molecule has 0 aliphatic carbocycles. The molecule has 3 heteroatoms. The van der Waals surface area contributed by atoms with Gasteiger partial charge < -0.3 is 10.7 Å². The maximum Gasteiger partial charge on any atom is 0.106 e. The van der Waals surface area contributed by atoms with Crippen LogP contribution >= 0.6 is 0 Å². The van der Waals surface area contributed by atoms with Crippen LogP contribution in [-0.4, -0.2) is 16.5 Å². The van der Waals surface area contributed by atoms with Gasteiger partial charge in [0.05, 0.1) is 11.0 Å². The fraction of sp³-hybridized carbons (Fsp3) is 0.500. The van der Waals surface area contributed by atoms with E-state index < -0.39 is 0 Å². The van der Waals surface area contributed by atoms with Crippen molar-refractivity contribution in [2.45, 2.75) is 39.0 Å². The van der Waals surface area contributed by atoms with Gasteiger partial charge in [-0.3, -0.25) is 0 Å². The minimum Gasteiger partial charge on any atom is -0.342 e. The number of nitrogens with two attached hydrogens (primary N) is 1. The second kappa shape index (κ2) is 4.49. The summed E-state index contributed by atoms with van der Waals surface area (Å²) in [6, 6.07) is 6.47. The van der Waals surface area contributed by atoms with Crippen molar-refractivity contribution >= 4 is 11.0 Å². The summed E-state index contributed by atoms with van der Waals surface area (Å²) < 4.78 is 0. The number of nitrogens with one attached hydrogen (secondary N) is 1. The van der Waals surface area contributed by atoms with E-state index in [2.05, 4.69) is 48.9 Å². The minimum atomic E-state index is 0.125. The van der Waals surface area contributed by atoms with Crippen molar-refractivity contribution in [2.75, 3.05) is 6.54 Å². The first-order chi connectivity index (χ1) is 8.06. The molecule has 0 bridgehead atoms. The summed E-state index contributed by atoms with van der Waals surface area (Å²) in [5, 5.41) is 0. The fourth-order valence-electron chi connectivity index (χ4n) is 2.16. The molecule has 92 valence electrons. The molecule has 2 rings (SSSR count). The Kier molecular flexibility index (Phi) is 3.20. The van der Waals surface area contributed by atoms with Gasteiger partial charge in [-0.25, -0.2) is 4.98 Å². The van der Waals surface area contributed by atoms with Gasteiger partial charge in [0.25, 0.3) is 0 Å². The molecule has 1 aromatic heterocycles. The first-order valence-corrected chi connectivity index (χ1v) is 6.26. The monoisotopic (exact) mass is 231 g/mol. The lowest BCUT2D eigenvalue weighted by molar-refractivity contribution is 0.488. The Morgan fingerprint density at radius 1 is 1.35 bits per heavy atom. The summed E-state index contributed by atoms with van der Waals surface area (Å²) in [6.45, 7) is 7.29. The number of fused-ring (bicyclic) bond motifs is 1. The van der Waals surface area contributed by atoms with Gasteiger partial charge in [-0.15, -0.1) is 0 Å². The first kappa shape index (κ1) is 12.1. The van der Waals surface area contributed by atoms with Crippen molar-refractivity contribution in [3.8, 4) is 0 Å². The van der Waals surface area contributed by atoms with Gasteiger partial charge in [0.1, 0.15) is 5.82 Å². The van der Waals surface area contributed by atoms with Crippen LogP contribution in [0.25, 0.3) is 11.0 Å². The minimum absolute atomic E-state index is 0.125. The molecule has 2 aromatic rings. The predicted molar refractivity (Wildman–Crippen MR) is 72.2 cm³/mol. The molecule has 1 aromatic carbocycles. The highest BCUT2D eigenvalue weighted by Crippen LogP contribution is 2.28. The third-order valence-electron chi connectivity index (χ3n) is 3.42. The fourth-order valence-corrected chi connectivity index (χ4v) is 2.16. The van der Waals surface area contributed by atoms with Crippen molar-refractivity contribution in [1.29, 1.82) is 0 Å². The molecule has 1 heterocycles. The number of imidazole rings is 1. The first-order valence-electron chi connectivity index (χ1n) is 6.26. The van der Waals surface area contributed by atoms with Gasteiger partial charge in [-0.05, 0) is 36.1 Å². The second-order valence-electron chi connectivity index (χ2n) is 5.19. The summed E-state index contributed by atoms with van der Waals surface area (Å²) >= 11 is 0. The highest BCUT2D eigenvalue weighted by molar-refractivity contribution is 5.76.